The van der Waals surface area contributed by atoms with Crippen LogP contribution in [0.3, 0.4) is 0 Å². The summed E-state index contributed by atoms with van der Waals surface area (Å²) in [6.45, 7) is 4.03. The molecule has 276 valence electrons. The lowest BCUT2D eigenvalue weighted by molar-refractivity contribution is -0.132. The van der Waals surface area contributed by atoms with Crippen molar-refractivity contribution < 1.29 is 25.2 Å². The van der Waals surface area contributed by atoms with Crippen LogP contribution < -0.4 is 5.32 Å². The van der Waals surface area contributed by atoms with Crippen molar-refractivity contribution in [3.63, 3.8) is 0 Å². The minimum atomic E-state index is -1.25. The second-order valence-corrected chi connectivity index (χ2v) is 14.3. The molecular weight excluding hydrogens is 574 g/mol. The molecule has 0 fully saturated rings. The highest BCUT2D eigenvalue weighted by molar-refractivity contribution is 5.80. The lowest BCUT2D eigenvalue weighted by atomic mass is 9.99. The summed E-state index contributed by atoms with van der Waals surface area (Å²) >= 11 is 0. The highest BCUT2D eigenvalue weighted by Crippen LogP contribution is 2.17. The third-order valence-corrected chi connectivity index (χ3v) is 9.82. The lowest BCUT2D eigenvalue weighted by Crippen LogP contribution is -2.53. The molecule has 0 bridgehead atoms. The molecule has 0 radical (unpaired) electrons. The van der Waals surface area contributed by atoms with Gasteiger partial charge in [0.25, 0.3) is 0 Å². The highest BCUT2D eigenvalue weighted by atomic mass is 16.3. The van der Waals surface area contributed by atoms with Crippen molar-refractivity contribution in [2.24, 2.45) is 0 Å². The van der Waals surface area contributed by atoms with Gasteiger partial charge in [-0.25, -0.2) is 0 Å². The predicted molar refractivity (Wildman–Crippen MR) is 196 cm³/mol. The first-order chi connectivity index (χ1) is 22.5. The molecule has 5 N–H and O–H groups in total. The molecule has 0 aliphatic heterocycles. The summed E-state index contributed by atoms with van der Waals surface area (Å²) in [5, 5.41) is 43.5. The molecule has 0 rings (SSSR count). The van der Waals surface area contributed by atoms with Crippen LogP contribution in [0.4, 0.5) is 0 Å². The van der Waals surface area contributed by atoms with Gasteiger partial charge in [-0.15, -0.1) is 0 Å². The summed E-state index contributed by atoms with van der Waals surface area (Å²) in [4.78, 5) is 12.4. The Balaban J connectivity index is 3.68. The lowest BCUT2D eigenvalue weighted by Gasteiger charge is -2.27. The quantitative estimate of drug-likeness (QED) is 0.0428. The van der Waals surface area contributed by atoms with Gasteiger partial charge in [0.15, 0.2) is 0 Å². The summed E-state index contributed by atoms with van der Waals surface area (Å²) in [7, 11) is 0. The number of carbonyl (C=O) groups excluding carboxylic acids is 1. The summed E-state index contributed by atoms with van der Waals surface area (Å²) < 4.78 is 0. The number of hydrogen-bond acceptors (Lipinski definition) is 5. The number of hydrogen-bond donors (Lipinski definition) is 5. The number of rotatable bonds is 37. The smallest absolute Gasteiger partial charge is 0.249 e. The van der Waals surface area contributed by atoms with Gasteiger partial charge in [-0.1, -0.05) is 206 Å². The number of unbranched alkanes of at least 4 members (excludes halogenated alkanes) is 28. The molecule has 1 amide bonds. The van der Waals surface area contributed by atoms with E-state index in [1.54, 1.807) is 0 Å². The SMILES string of the molecule is CCCCCCCCCCCCCCCCCCCCCC[C@H](O)C(=O)N[C@@H](CO)[C@H](O)[C@H](O)CCCCCCCCCCCC. The van der Waals surface area contributed by atoms with Gasteiger partial charge >= 0.3 is 0 Å². The first-order valence-corrected chi connectivity index (χ1v) is 20.4. The van der Waals surface area contributed by atoms with E-state index in [1.807, 2.05) is 0 Å². The molecule has 0 aliphatic carbocycles. The second-order valence-electron chi connectivity index (χ2n) is 14.3. The fourth-order valence-electron chi connectivity index (χ4n) is 6.52. The van der Waals surface area contributed by atoms with Gasteiger partial charge < -0.3 is 25.7 Å². The Bertz CT molecular complexity index is 618. The highest BCUT2D eigenvalue weighted by Gasteiger charge is 2.28. The number of aliphatic hydroxyl groups is 4. The van der Waals surface area contributed by atoms with E-state index in [0.29, 0.717) is 12.8 Å². The van der Waals surface area contributed by atoms with Crippen LogP contribution >= 0.6 is 0 Å². The minimum absolute atomic E-state index is 0.375. The maximum atomic E-state index is 12.4. The molecule has 0 saturated carbocycles. The molecule has 4 atom stereocenters. The number of amides is 1. The molecule has 0 aromatic heterocycles. The average molecular weight is 656 g/mol. The Labute approximate surface area is 286 Å². The van der Waals surface area contributed by atoms with Gasteiger partial charge in [0.2, 0.25) is 5.91 Å². The Kier molecular flexibility index (Phi) is 35.1. The summed E-state index contributed by atoms with van der Waals surface area (Å²) in [5.74, 6) is -0.581. The Morgan fingerprint density at radius 1 is 0.457 bits per heavy atom. The molecule has 6 heteroatoms. The molecule has 0 saturated heterocycles. The van der Waals surface area contributed by atoms with Crippen molar-refractivity contribution in [3.05, 3.63) is 0 Å². The van der Waals surface area contributed by atoms with E-state index in [-0.39, 0.29) is 0 Å². The van der Waals surface area contributed by atoms with E-state index in [2.05, 4.69) is 19.2 Å². The van der Waals surface area contributed by atoms with Crippen LogP contribution in [-0.4, -0.2) is 57.3 Å². The van der Waals surface area contributed by atoms with Gasteiger partial charge in [0.1, 0.15) is 12.2 Å². The molecule has 0 aromatic rings. The van der Waals surface area contributed by atoms with E-state index in [1.165, 1.54) is 154 Å². The Hall–Kier alpha value is -0.690. The molecule has 6 nitrogen and oxygen atoms in total. The normalized spacial score (nSPS) is 14.3. The Morgan fingerprint density at radius 2 is 0.739 bits per heavy atom. The first-order valence-electron chi connectivity index (χ1n) is 20.4. The van der Waals surface area contributed by atoms with Crippen LogP contribution in [0.25, 0.3) is 0 Å². The van der Waals surface area contributed by atoms with Crippen molar-refractivity contribution >= 4 is 5.91 Å². The van der Waals surface area contributed by atoms with Crippen molar-refractivity contribution in [1.82, 2.24) is 5.32 Å². The zero-order valence-corrected chi connectivity index (χ0v) is 30.8. The number of aliphatic hydroxyl groups excluding tert-OH is 4. The second kappa shape index (κ2) is 35.6. The maximum absolute atomic E-state index is 12.4. The minimum Gasteiger partial charge on any atom is -0.394 e. The summed E-state index contributed by atoms with van der Waals surface area (Å²) in [6, 6.07) is -0.977. The van der Waals surface area contributed by atoms with Crippen molar-refractivity contribution in [2.75, 3.05) is 6.61 Å². The van der Waals surface area contributed by atoms with E-state index >= 15 is 0 Å². The van der Waals surface area contributed by atoms with Crippen LogP contribution in [0.1, 0.15) is 219 Å². The predicted octanol–water partition coefficient (Wildman–Crippen LogP) is 10.1. The zero-order chi connectivity index (χ0) is 33.9. The molecule has 46 heavy (non-hydrogen) atoms. The van der Waals surface area contributed by atoms with Gasteiger partial charge in [-0.05, 0) is 12.8 Å². The zero-order valence-electron chi connectivity index (χ0n) is 30.8. The van der Waals surface area contributed by atoms with Crippen molar-refractivity contribution in [1.29, 1.82) is 0 Å². The fourth-order valence-corrected chi connectivity index (χ4v) is 6.52. The average Bonchev–Trinajstić information content (AvgIpc) is 3.06. The van der Waals surface area contributed by atoms with Crippen molar-refractivity contribution in [2.45, 2.75) is 244 Å². The van der Waals surface area contributed by atoms with E-state index in [9.17, 15) is 25.2 Å². The summed E-state index contributed by atoms with van der Waals surface area (Å²) in [6.07, 6.45) is 35.6. The van der Waals surface area contributed by atoms with Gasteiger partial charge in [-0.2, -0.15) is 0 Å². The molecule has 0 aromatic carbocycles. The van der Waals surface area contributed by atoms with Gasteiger partial charge in [0, 0.05) is 0 Å². The van der Waals surface area contributed by atoms with Crippen LogP contribution in [0.5, 0.6) is 0 Å². The standard InChI is InChI=1S/C40H81NO5/c1-3-5-7-9-11-13-15-16-17-18-19-20-21-22-23-24-26-28-30-32-34-38(44)40(46)41-36(35-42)39(45)37(43)33-31-29-27-25-14-12-10-8-6-4-2/h36-39,42-45H,3-35H2,1-2H3,(H,41,46)/t36-,37+,38-,39-/m0/s1. The molecule has 0 spiro atoms. The van der Waals surface area contributed by atoms with E-state index in [0.717, 1.165) is 38.5 Å². The van der Waals surface area contributed by atoms with E-state index in [4.69, 9.17) is 0 Å². The third kappa shape index (κ3) is 29.4. The summed E-state index contributed by atoms with van der Waals surface area (Å²) in [5.41, 5.74) is 0. The maximum Gasteiger partial charge on any atom is 0.249 e. The van der Waals surface area contributed by atoms with Gasteiger partial charge in [0.05, 0.1) is 18.8 Å². The third-order valence-electron chi connectivity index (χ3n) is 9.82. The largest absolute Gasteiger partial charge is 0.394 e. The number of carbonyl (C=O) groups is 1. The molecular formula is C40H81NO5. The van der Waals surface area contributed by atoms with E-state index < -0.39 is 36.9 Å². The van der Waals surface area contributed by atoms with Crippen molar-refractivity contribution in [3.8, 4) is 0 Å². The molecule has 0 aliphatic rings. The first kappa shape index (κ1) is 45.3. The topological polar surface area (TPSA) is 110 Å². The Morgan fingerprint density at radius 3 is 1.04 bits per heavy atom. The molecule has 0 heterocycles. The van der Waals surface area contributed by atoms with Gasteiger partial charge in [-0.3, -0.25) is 4.79 Å². The van der Waals surface area contributed by atoms with Crippen LogP contribution in [0.2, 0.25) is 0 Å². The van der Waals surface area contributed by atoms with Crippen LogP contribution in [-0.2, 0) is 4.79 Å². The van der Waals surface area contributed by atoms with Crippen LogP contribution in [0, 0.1) is 0 Å². The van der Waals surface area contributed by atoms with Crippen LogP contribution in [0.15, 0.2) is 0 Å². The monoisotopic (exact) mass is 656 g/mol. The fraction of sp³-hybridized carbons (Fsp3) is 0.975. The molecule has 0 unspecified atom stereocenters. The number of nitrogens with one attached hydrogen (secondary N) is 1.